The number of benzene rings is 2. The number of nitriles is 1. The number of halogens is 1. The van der Waals surface area contributed by atoms with Crippen LogP contribution in [0.15, 0.2) is 42.5 Å². The molecule has 0 fully saturated rings. The third kappa shape index (κ3) is 4.51. The predicted molar refractivity (Wildman–Crippen MR) is 82.6 cm³/mol. The maximum atomic E-state index is 11.7. The van der Waals surface area contributed by atoms with Crippen LogP contribution in [0, 0.1) is 18.3 Å². The van der Waals surface area contributed by atoms with E-state index in [0.717, 1.165) is 11.1 Å². The lowest BCUT2D eigenvalue weighted by molar-refractivity contribution is -0.147. The summed E-state index contributed by atoms with van der Waals surface area (Å²) >= 11 is 5.85. The van der Waals surface area contributed by atoms with Crippen molar-refractivity contribution in [3.63, 3.8) is 0 Å². The summed E-state index contributed by atoms with van der Waals surface area (Å²) in [6.45, 7) is 1.78. The van der Waals surface area contributed by atoms with Gasteiger partial charge in [0.1, 0.15) is 12.4 Å². The topological polar surface area (TPSA) is 59.3 Å². The van der Waals surface area contributed by atoms with Crippen molar-refractivity contribution in [1.29, 1.82) is 5.26 Å². The van der Waals surface area contributed by atoms with Crippen LogP contribution < -0.4 is 4.74 Å². The van der Waals surface area contributed by atoms with Gasteiger partial charge in [-0.1, -0.05) is 23.7 Å². The molecule has 0 aliphatic rings. The van der Waals surface area contributed by atoms with Crippen LogP contribution in [0.2, 0.25) is 5.02 Å². The number of esters is 1. The zero-order valence-corrected chi connectivity index (χ0v) is 12.8. The average Bonchev–Trinajstić information content (AvgIpc) is 2.52. The largest absolute Gasteiger partial charge is 0.482 e. The average molecular weight is 316 g/mol. The number of rotatable bonds is 5. The Morgan fingerprint density at radius 3 is 2.82 bits per heavy atom. The van der Waals surface area contributed by atoms with Gasteiger partial charge in [0.05, 0.1) is 11.6 Å². The summed E-state index contributed by atoms with van der Waals surface area (Å²) < 4.78 is 10.5. The van der Waals surface area contributed by atoms with Gasteiger partial charge < -0.3 is 9.47 Å². The molecule has 2 aromatic rings. The van der Waals surface area contributed by atoms with Crippen molar-refractivity contribution in [2.24, 2.45) is 0 Å². The van der Waals surface area contributed by atoms with Crippen molar-refractivity contribution in [3.05, 3.63) is 64.2 Å². The fourth-order valence-electron chi connectivity index (χ4n) is 1.85. The van der Waals surface area contributed by atoms with Gasteiger partial charge >= 0.3 is 5.97 Å². The maximum absolute atomic E-state index is 11.7. The van der Waals surface area contributed by atoms with Gasteiger partial charge in [-0.3, -0.25) is 0 Å². The molecule has 0 amide bonds. The van der Waals surface area contributed by atoms with Crippen molar-refractivity contribution < 1.29 is 14.3 Å². The van der Waals surface area contributed by atoms with Crippen LogP contribution in [-0.4, -0.2) is 12.6 Å². The molecule has 22 heavy (non-hydrogen) atoms. The standard InChI is InChI=1S/C17H14ClNO3/c1-12-7-15(18)5-6-16(12)21-11-17(20)22-10-14-4-2-3-13(8-14)9-19/h2-8H,10-11H2,1H3. The summed E-state index contributed by atoms with van der Waals surface area (Å²) in [5, 5.41) is 9.42. The highest BCUT2D eigenvalue weighted by atomic mass is 35.5. The zero-order chi connectivity index (χ0) is 15.9. The highest BCUT2D eigenvalue weighted by Crippen LogP contribution is 2.21. The van der Waals surface area contributed by atoms with Gasteiger partial charge in [0, 0.05) is 5.02 Å². The first-order valence-corrected chi connectivity index (χ1v) is 7.00. The Hall–Kier alpha value is -2.51. The molecule has 2 aromatic carbocycles. The van der Waals surface area contributed by atoms with E-state index < -0.39 is 5.97 Å². The van der Waals surface area contributed by atoms with Crippen molar-refractivity contribution in [2.45, 2.75) is 13.5 Å². The van der Waals surface area contributed by atoms with Gasteiger partial charge in [-0.05, 0) is 48.4 Å². The lowest BCUT2D eigenvalue weighted by Gasteiger charge is -2.09. The van der Waals surface area contributed by atoms with E-state index in [1.807, 2.05) is 13.0 Å². The Labute approximate surface area is 133 Å². The maximum Gasteiger partial charge on any atom is 0.344 e. The molecular formula is C17H14ClNO3. The quantitative estimate of drug-likeness (QED) is 0.790. The monoisotopic (exact) mass is 315 g/mol. The number of hydrogen-bond acceptors (Lipinski definition) is 4. The van der Waals surface area contributed by atoms with E-state index >= 15 is 0 Å². The van der Waals surface area contributed by atoms with E-state index in [9.17, 15) is 4.79 Å². The second kappa shape index (κ2) is 7.48. The molecule has 0 heterocycles. The first-order chi connectivity index (χ1) is 10.6. The summed E-state index contributed by atoms with van der Waals surface area (Å²) in [4.78, 5) is 11.7. The van der Waals surface area contributed by atoms with E-state index in [1.54, 1.807) is 42.5 Å². The fourth-order valence-corrected chi connectivity index (χ4v) is 2.07. The smallest absolute Gasteiger partial charge is 0.344 e. The Bertz CT molecular complexity index is 722. The minimum Gasteiger partial charge on any atom is -0.482 e. The Balaban J connectivity index is 1.84. The van der Waals surface area contributed by atoms with E-state index in [0.29, 0.717) is 16.3 Å². The number of nitrogens with zero attached hydrogens (tertiary/aromatic N) is 1. The van der Waals surface area contributed by atoms with Crippen LogP contribution in [-0.2, 0) is 16.1 Å². The van der Waals surface area contributed by atoms with Crippen LogP contribution in [0.3, 0.4) is 0 Å². The summed E-state index contributed by atoms with van der Waals surface area (Å²) in [7, 11) is 0. The third-order valence-corrected chi connectivity index (χ3v) is 3.17. The van der Waals surface area contributed by atoms with Crippen LogP contribution in [0.25, 0.3) is 0 Å². The molecule has 0 aromatic heterocycles. The zero-order valence-electron chi connectivity index (χ0n) is 12.0. The molecule has 0 bridgehead atoms. The molecule has 2 rings (SSSR count). The second-order valence-corrected chi connectivity index (χ2v) is 5.11. The highest BCUT2D eigenvalue weighted by molar-refractivity contribution is 6.30. The summed E-state index contributed by atoms with van der Waals surface area (Å²) in [6.07, 6.45) is 0. The highest BCUT2D eigenvalue weighted by Gasteiger charge is 2.07. The van der Waals surface area contributed by atoms with Gasteiger partial charge in [0.25, 0.3) is 0 Å². The summed E-state index contributed by atoms with van der Waals surface area (Å²) in [5.41, 5.74) is 2.14. The van der Waals surface area contributed by atoms with Gasteiger partial charge in [-0.25, -0.2) is 4.79 Å². The first kappa shape index (κ1) is 15.9. The fraction of sp³-hybridized carbons (Fsp3) is 0.176. The summed E-state index contributed by atoms with van der Waals surface area (Å²) in [6, 6.07) is 14.1. The van der Waals surface area contributed by atoms with Crippen molar-refractivity contribution in [3.8, 4) is 11.8 Å². The van der Waals surface area contributed by atoms with Crippen LogP contribution in [0.1, 0.15) is 16.7 Å². The molecule has 0 atom stereocenters. The van der Waals surface area contributed by atoms with E-state index in [1.165, 1.54) is 0 Å². The minimum atomic E-state index is -0.475. The van der Waals surface area contributed by atoms with E-state index in [2.05, 4.69) is 0 Å². The molecule has 4 nitrogen and oxygen atoms in total. The number of hydrogen-bond donors (Lipinski definition) is 0. The van der Waals surface area contributed by atoms with E-state index in [-0.39, 0.29) is 13.2 Å². The second-order valence-electron chi connectivity index (χ2n) is 4.67. The first-order valence-electron chi connectivity index (χ1n) is 6.62. The molecule has 0 aliphatic heterocycles. The van der Waals surface area contributed by atoms with Gasteiger partial charge in [0.2, 0.25) is 0 Å². The number of ether oxygens (including phenoxy) is 2. The minimum absolute atomic E-state index is 0.108. The van der Waals surface area contributed by atoms with Crippen LogP contribution in [0.4, 0.5) is 0 Å². The lowest BCUT2D eigenvalue weighted by atomic mass is 10.1. The van der Waals surface area contributed by atoms with E-state index in [4.69, 9.17) is 26.3 Å². The molecule has 0 unspecified atom stereocenters. The van der Waals surface area contributed by atoms with Crippen molar-refractivity contribution in [1.82, 2.24) is 0 Å². The lowest BCUT2D eigenvalue weighted by Crippen LogP contribution is -2.15. The molecule has 5 heteroatoms. The third-order valence-electron chi connectivity index (χ3n) is 2.94. The summed E-state index contributed by atoms with van der Waals surface area (Å²) in [5.74, 6) is 0.115. The SMILES string of the molecule is Cc1cc(Cl)ccc1OCC(=O)OCc1cccc(C#N)c1. The normalized spacial score (nSPS) is 9.86. The van der Waals surface area contributed by atoms with Crippen LogP contribution in [0.5, 0.6) is 5.75 Å². The Morgan fingerprint density at radius 2 is 2.09 bits per heavy atom. The molecule has 0 N–H and O–H groups in total. The molecule has 0 aliphatic carbocycles. The number of carbonyl (C=O) groups excluding carboxylic acids is 1. The number of carbonyl (C=O) groups is 1. The predicted octanol–water partition coefficient (Wildman–Crippen LogP) is 3.64. The molecule has 112 valence electrons. The van der Waals surface area contributed by atoms with Crippen molar-refractivity contribution >= 4 is 17.6 Å². The van der Waals surface area contributed by atoms with Gasteiger partial charge in [-0.15, -0.1) is 0 Å². The molecular weight excluding hydrogens is 302 g/mol. The van der Waals surface area contributed by atoms with Gasteiger partial charge in [-0.2, -0.15) is 5.26 Å². The number of aryl methyl sites for hydroxylation is 1. The molecule has 0 radical (unpaired) electrons. The van der Waals surface area contributed by atoms with Crippen LogP contribution >= 0.6 is 11.6 Å². The molecule has 0 saturated carbocycles. The van der Waals surface area contributed by atoms with Crippen molar-refractivity contribution in [2.75, 3.05) is 6.61 Å². The van der Waals surface area contributed by atoms with Gasteiger partial charge in [0.15, 0.2) is 6.61 Å². The molecule has 0 spiro atoms. The Kier molecular flexibility index (Phi) is 5.40. The Morgan fingerprint density at radius 1 is 1.27 bits per heavy atom. The molecule has 0 saturated heterocycles.